The number of ether oxygens (including phenoxy) is 1. The van der Waals surface area contributed by atoms with Crippen molar-refractivity contribution in [2.45, 2.75) is 32.6 Å². The number of nitrogens with one attached hydrogen (secondary N) is 1. The van der Waals surface area contributed by atoms with E-state index in [1.165, 1.54) is 11.3 Å². The molecule has 0 aromatic carbocycles. The molecule has 0 radical (unpaired) electrons. The van der Waals surface area contributed by atoms with Crippen LogP contribution >= 0.6 is 11.3 Å². The molecule has 6 nitrogen and oxygen atoms in total. The highest BCUT2D eigenvalue weighted by Gasteiger charge is 2.32. The van der Waals surface area contributed by atoms with Gasteiger partial charge in [0.05, 0.1) is 12.2 Å². The number of aryl methyl sites for hydroxylation is 1. The minimum Gasteiger partial charge on any atom is -0.462 e. The lowest BCUT2D eigenvalue weighted by molar-refractivity contribution is 0.0527. The van der Waals surface area contributed by atoms with Gasteiger partial charge in [-0.15, -0.1) is 11.3 Å². The number of nitrogens with zero attached hydrogens (tertiary/aromatic N) is 1. The Morgan fingerprint density at radius 2 is 2.27 bits per heavy atom. The summed E-state index contributed by atoms with van der Waals surface area (Å²) in [5.74, 6) is 0.167. The Balaban J connectivity index is 1.86. The summed E-state index contributed by atoms with van der Waals surface area (Å²) in [4.78, 5) is 24.4. The largest absolute Gasteiger partial charge is 0.462 e. The van der Waals surface area contributed by atoms with E-state index >= 15 is 0 Å². The number of aromatic nitrogens is 1. The summed E-state index contributed by atoms with van der Waals surface area (Å²) in [6.07, 6.45) is 2.14. The second-order valence-corrected chi connectivity index (χ2v) is 6.05. The molecule has 3 rings (SSSR count). The van der Waals surface area contributed by atoms with Crippen molar-refractivity contribution in [3.05, 3.63) is 34.0 Å². The second kappa shape index (κ2) is 5.92. The molecular weight excluding hydrogens is 304 g/mol. The third-order valence-corrected chi connectivity index (χ3v) is 4.32. The average Bonchev–Trinajstić information content (AvgIpc) is 3.10. The number of thiophene rings is 1. The summed E-state index contributed by atoms with van der Waals surface area (Å²) in [5.41, 5.74) is 1.63. The van der Waals surface area contributed by atoms with Gasteiger partial charge in [-0.25, -0.2) is 4.79 Å². The number of hydrogen-bond donors (Lipinski definition) is 1. The third kappa shape index (κ3) is 2.89. The van der Waals surface area contributed by atoms with E-state index in [1.807, 2.05) is 5.38 Å². The number of esters is 1. The Kier molecular flexibility index (Phi) is 3.98. The summed E-state index contributed by atoms with van der Waals surface area (Å²) in [6, 6.07) is 1.55. The smallest absolute Gasteiger partial charge is 0.341 e. The van der Waals surface area contributed by atoms with Gasteiger partial charge in [0.25, 0.3) is 5.91 Å². The van der Waals surface area contributed by atoms with E-state index in [-0.39, 0.29) is 5.69 Å². The number of anilines is 1. The van der Waals surface area contributed by atoms with E-state index in [0.717, 1.165) is 18.4 Å². The summed E-state index contributed by atoms with van der Waals surface area (Å²) < 4.78 is 10.0. The van der Waals surface area contributed by atoms with Gasteiger partial charge < -0.3 is 14.6 Å². The zero-order chi connectivity index (χ0) is 15.7. The number of amides is 1. The first-order valence-corrected chi connectivity index (χ1v) is 8.01. The first-order valence-electron chi connectivity index (χ1n) is 7.13. The first-order chi connectivity index (χ1) is 10.6. The summed E-state index contributed by atoms with van der Waals surface area (Å²) in [6.45, 7) is 3.77. The molecule has 1 N–H and O–H groups in total. The van der Waals surface area contributed by atoms with E-state index in [0.29, 0.717) is 28.8 Å². The number of rotatable bonds is 5. The van der Waals surface area contributed by atoms with Crippen LogP contribution in [0.25, 0.3) is 0 Å². The highest BCUT2D eigenvalue weighted by molar-refractivity contribution is 7.15. The SMILES string of the molecule is CCOC(=O)c1c(C2CC2)csc1NC(=O)c1cc(C)on1. The Labute approximate surface area is 131 Å². The fourth-order valence-electron chi connectivity index (χ4n) is 2.21. The lowest BCUT2D eigenvalue weighted by atomic mass is 10.1. The van der Waals surface area contributed by atoms with Crippen LogP contribution in [0.3, 0.4) is 0 Å². The first kappa shape index (κ1) is 14.8. The maximum Gasteiger partial charge on any atom is 0.341 e. The zero-order valence-corrected chi connectivity index (χ0v) is 13.2. The molecule has 2 aromatic rings. The van der Waals surface area contributed by atoms with Crippen LogP contribution in [0.2, 0.25) is 0 Å². The zero-order valence-electron chi connectivity index (χ0n) is 12.3. The topological polar surface area (TPSA) is 81.4 Å². The van der Waals surface area contributed by atoms with Gasteiger partial charge in [0.15, 0.2) is 5.69 Å². The molecule has 1 amide bonds. The van der Waals surface area contributed by atoms with Crippen LogP contribution in [0, 0.1) is 6.92 Å². The molecular formula is C15H16N2O4S. The van der Waals surface area contributed by atoms with Crippen molar-refractivity contribution >= 4 is 28.2 Å². The van der Waals surface area contributed by atoms with Crippen LogP contribution in [-0.2, 0) is 4.74 Å². The van der Waals surface area contributed by atoms with Crippen LogP contribution in [0.5, 0.6) is 0 Å². The van der Waals surface area contributed by atoms with Gasteiger partial charge in [0.1, 0.15) is 10.8 Å². The van der Waals surface area contributed by atoms with E-state index in [2.05, 4.69) is 10.5 Å². The molecule has 7 heteroatoms. The van der Waals surface area contributed by atoms with E-state index < -0.39 is 11.9 Å². The maximum atomic E-state index is 12.2. The quantitative estimate of drug-likeness (QED) is 0.854. The van der Waals surface area contributed by atoms with Crippen molar-refractivity contribution in [1.82, 2.24) is 5.16 Å². The Hall–Kier alpha value is -2.15. The second-order valence-electron chi connectivity index (χ2n) is 5.17. The number of carbonyl (C=O) groups excluding carboxylic acids is 2. The van der Waals surface area contributed by atoms with Gasteiger partial charge >= 0.3 is 5.97 Å². The Morgan fingerprint density at radius 3 is 2.86 bits per heavy atom. The molecule has 1 fully saturated rings. The van der Waals surface area contributed by atoms with Crippen molar-refractivity contribution in [2.75, 3.05) is 11.9 Å². The molecule has 0 bridgehead atoms. The summed E-state index contributed by atoms with van der Waals surface area (Å²) in [7, 11) is 0. The van der Waals surface area contributed by atoms with Gasteiger partial charge in [0.2, 0.25) is 0 Å². The summed E-state index contributed by atoms with van der Waals surface area (Å²) in [5, 5.41) is 8.85. The van der Waals surface area contributed by atoms with Crippen molar-refractivity contribution in [3.63, 3.8) is 0 Å². The fraction of sp³-hybridized carbons (Fsp3) is 0.400. The van der Waals surface area contributed by atoms with E-state index in [9.17, 15) is 9.59 Å². The number of hydrogen-bond acceptors (Lipinski definition) is 6. The minimum atomic E-state index is -0.397. The predicted octanol–water partition coefficient (Wildman–Crippen LogP) is 3.35. The highest BCUT2D eigenvalue weighted by Crippen LogP contribution is 2.46. The van der Waals surface area contributed by atoms with Gasteiger partial charge in [0, 0.05) is 6.07 Å². The molecule has 116 valence electrons. The van der Waals surface area contributed by atoms with E-state index in [4.69, 9.17) is 9.26 Å². The van der Waals surface area contributed by atoms with Crippen LogP contribution in [0.15, 0.2) is 16.0 Å². The molecule has 2 aromatic heterocycles. The molecule has 1 aliphatic carbocycles. The van der Waals surface area contributed by atoms with Crippen molar-refractivity contribution in [1.29, 1.82) is 0 Å². The van der Waals surface area contributed by atoms with Crippen molar-refractivity contribution in [3.8, 4) is 0 Å². The molecule has 0 spiro atoms. The summed E-state index contributed by atoms with van der Waals surface area (Å²) >= 11 is 1.34. The molecule has 2 heterocycles. The Bertz CT molecular complexity index is 715. The lowest BCUT2D eigenvalue weighted by Crippen LogP contribution is -2.15. The van der Waals surface area contributed by atoms with Gasteiger partial charge in [-0.3, -0.25) is 4.79 Å². The van der Waals surface area contributed by atoms with Crippen LogP contribution < -0.4 is 5.32 Å². The molecule has 1 saturated carbocycles. The third-order valence-electron chi connectivity index (χ3n) is 3.40. The van der Waals surface area contributed by atoms with Crippen LogP contribution in [0.1, 0.15) is 57.9 Å². The molecule has 0 unspecified atom stereocenters. The van der Waals surface area contributed by atoms with Crippen molar-refractivity contribution < 1.29 is 18.8 Å². The minimum absolute atomic E-state index is 0.189. The van der Waals surface area contributed by atoms with Crippen LogP contribution in [-0.4, -0.2) is 23.6 Å². The molecule has 1 aliphatic rings. The monoisotopic (exact) mass is 320 g/mol. The predicted molar refractivity (Wildman–Crippen MR) is 81.4 cm³/mol. The van der Waals surface area contributed by atoms with Crippen LogP contribution in [0.4, 0.5) is 5.00 Å². The number of carbonyl (C=O) groups is 2. The Morgan fingerprint density at radius 1 is 1.50 bits per heavy atom. The highest BCUT2D eigenvalue weighted by atomic mass is 32.1. The molecule has 0 aliphatic heterocycles. The molecule has 0 atom stereocenters. The fourth-order valence-corrected chi connectivity index (χ4v) is 3.24. The van der Waals surface area contributed by atoms with Gasteiger partial charge in [-0.05, 0) is 43.6 Å². The standard InChI is InChI=1S/C15H16N2O4S/c1-3-20-15(19)12-10(9-4-5-9)7-22-14(12)16-13(18)11-6-8(2)21-17-11/h6-7,9H,3-5H2,1-2H3,(H,16,18). The normalized spacial score (nSPS) is 13.9. The average molecular weight is 320 g/mol. The molecule has 22 heavy (non-hydrogen) atoms. The maximum absolute atomic E-state index is 12.2. The lowest BCUT2D eigenvalue weighted by Gasteiger charge is -2.07. The van der Waals surface area contributed by atoms with Gasteiger partial charge in [-0.2, -0.15) is 0 Å². The molecule has 0 saturated heterocycles. The van der Waals surface area contributed by atoms with Gasteiger partial charge in [-0.1, -0.05) is 5.16 Å². The van der Waals surface area contributed by atoms with E-state index in [1.54, 1.807) is 19.9 Å². The van der Waals surface area contributed by atoms with Crippen molar-refractivity contribution in [2.24, 2.45) is 0 Å².